The van der Waals surface area contributed by atoms with Crippen molar-refractivity contribution in [3.05, 3.63) is 58.3 Å². The van der Waals surface area contributed by atoms with E-state index < -0.39 is 29.3 Å². The average molecular weight is 377 g/mol. The summed E-state index contributed by atoms with van der Waals surface area (Å²) >= 11 is 3.05. The number of hydrogen-bond donors (Lipinski definition) is 2. The molecule has 0 atom stereocenters. The molecule has 0 bridgehead atoms. The number of halogens is 5. The normalized spacial score (nSPS) is 11.1. The van der Waals surface area contributed by atoms with Crippen LogP contribution in [0.1, 0.15) is 5.56 Å². The molecule has 2 N–H and O–H groups in total. The Morgan fingerprint density at radius 2 is 1.64 bits per heavy atom. The van der Waals surface area contributed by atoms with Gasteiger partial charge in [-0.05, 0) is 30.3 Å². The van der Waals surface area contributed by atoms with Gasteiger partial charge in [0.2, 0.25) is 0 Å². The van der Waals surface area contributed by atoms with Gasteiger partial charge in [0, 0.05) is 4.47 Å². The lowest BCUT2D eigenvalue weighted by Crippen LogP contribution is -2.22. The van der Waals surface area contributed by atoms with E-state index in [1.54, 1.807) is 0 Å². The summed E-state index contributed by atoms with van der Waals surface area (Å²) in [5.41, 5.74) is -1.54. The molecule has 8 heteroatoms. The maximum atomic E-state index is 13.6. The average Bonchev–Trinajstić information content (AvgIpc) is 2.41. The first kappa shape index (κ1) is 16.3. The van der Waals surface area contributed by atoms with Gasteiger partial charge in [-0.3, -0.25) is 0 Å². The molecule has 0 saturated heterocycles. The van der Waals surface area contributed by atoms with Gasteiger partial charge >= 0.3 is 12.2 Å². The van der Waals surface area contributed by atoms with Crippen molar-refractivity contribution in [3.8, 4) is 0 Å². The van der Waals surface area contributed by atoms with Crippen molar-refractivity contribution in [1.82, 2.24) is 0 Å². The van der Waals surface area contributed by atoms with Crippen LogP contribution in [0.15, 0.2) is 46.9 Å². The summed E-state index contributed by atoms with van der Waals surface area (Å²) in [5.74, 6) is -0.714. The zero-order chi connectivity index (χ0) is 16.3. The van der Waals surface area contributed by atoms with E-state index in [9.17, 15) is 22.4 Å². The zero-order valence-corrected chi connectivity index (χ0v) is 12.4. The van der Waals surface area contributed by atoms with Crippen LogP contribution in [-0.2, 0) is 6.18 Å². The Balaban J connectivity index is 2.16. The van der Waals surface area contributed by atoms with E-state index in [1.807, 2.05) is 0 Å². The van der Waals surface area contributed by atoms with Crippen LogP contribution >= 0.6 is 15.9 Å². The molecule has 0 saturated carbocycles. The Labute approximate surface area is 131 Å². The van der Waals surface area contributed by atoms with Gasteiger partial charge in [-0.2, -0.15) is 13.2 Å². The second kappa shape index (κ2) is 6.35. The van der Waals surface area contributed by atoms with Crippen LogP contribution in [0.3, 0.4) is 0 Å². The minimum absolute atomic E-state index is 0.148. The molecule has 2 aromatic carbocycles. The molecule has 0 radical (unpaired) electrons. The molecular formula is C14H9BrF4N2O. The van der Waals surface area contributed by atoms with Crippen LogP contribution in [0, 0.1) is 5.82 Å². The SMILES string of the molecule is O=C(Nc1ccc(Br)cc1F)Nc1ccccc1C(F)(F)F. The third-order valence-electron chi connectivity index (χ3n) is 2.66. The van der Waals surface area contributed by atoms with Gasteiger partial charge in [0.1, 0.15) is 5.82 Å². The smallest absolute Gasteiger partial charge is 0.307 e. The summed E-state index contributed by atoms with van der Waals surface area (Å²) < 4.78 is 52.4. The molecule has 22 heavy (non-hydrogen) atoms. The lowest BCUT2D eigenvalue weighted by atomic mass is 10.1. The Morgan fingerprint density at radius 3 is 2.27 bits per heavy atom. The number of benzene rings is 2. The van der Waals surface area contributed by atoms with Crippen molar-refractivity contribution < 1.29 is 22.4 Å². The summed E-state index contributed by atoms with van der Waals surface area (Å²) in [7, 11) is 0. The van der Waals surface area contributed by atoms with Crippen molar-refractivity contribution in [2.24, 2.45) is 0 Å². The number of carbonyl (C=O) groups is 1. The van der Waals surface area contributed by atoms with Crippen LogP contribution < -0.4 is 10.6 Å². The topological polar surface area (TPSA) is 41.1 Å². The first-order chi connectivity index (χ1) is 10.3. The van der Waals surface area contributed by atoms with Gasteiger partial charge in [-0.15, -0.1) is 0 Å². The highest BCUT2D eigenvalue weighted by Crippen LogP contribution is 2.34. The molecule has 2 rings (SSSR count). The molecule has 0 aromatic heterocycles. The van der Waals surface area contributed by atoms with Crippen molar-refractivity contribution in [3.63, 3.8) is 0 Å². The van der Waals surface area contributed by atoms with E-state index in [0.29, 0.717) is 4.47 Å². The molecule has 0 unspecified atom stereocenters. The summed E-state index contributed by atoms with van der Waals surface area (Å²) in [4.78, 5) is 11.7. The fraction of sp³-hybridized carbons (Fsp3) is 0.0714. The summed E-state index contributed by atoms with van der Waals surface area (Å²) in [6, 6.07) is 7.44. The molecule has 0 aliphatic heterocycles. The van der Waals surface area contributed by atoms with Crippen LogP contribution in [0.5, 0.6) is 0 Å². The largest absolute Gasteiger partial charge is 0.418 e. The van der Waals surface area contributed by atoms with Crippen molar-refractivity contribution in [1.29, 1.82) is 0 Å². The lowest BCUT2D eigenvalue weighted by molar-refractivity contribution is -0.136. The van der Waals surface area contributed by atoms with E-state index in [0.717, 1.165) is 18.2 Å². The van der Waals surface area contributed by atoms with E-state index >= 15 is 0 Å². The van der Waals surface area contributed by atoms with Crippen LogP contribution in [-0.4, -0.2) is 6.03 Å². The number of alkyl halides is 3. The van der Waals surface area contributed by atoms with Gasteiger partial charge in [0.15, 0.2) is 0 Å². The number of urea groups is 1. The Bertz CT molecular complexity index is 703. The van der Waals surface area contributed by atoms with E-state index in [1.165, 1.54) is 24.3 Å². The monoisotopic (exact) mass is 376 g/mol. The van der Waals surface area contributed by atoms with Gasteiger partial charge in [-0.25, -0.2) is 9.18 Å². The second-order valence-electron chi connectivity index (χ2n) is 4.25. The Kier molecular flexibility index (Phi) is 4.70. The second-order valence-corrected chi connectivity index (χ2v) is 5.16. The number of nitrogens with one attached hydrogen (secondary N) is 2. The lowest BCUT2D eigenvalue weighted by Gasteiger charge is -2.14. The van der Waals surface area contributed by atoms with Gasteiger partial charge < -0.3 is 10.6 Å². The number of hydrogen-bond acceptors (Lipinski definition) is 1. The van der Waals surface area contributed by atoms with Crippen molar-refractivity contribution in [2.75, 3.05) is 10.6 Å². The van der Waals surface area contributed by atoms with Gasteiger partial charge in [-0.1, -0.05) is 28.1 Å². The molecule has 0 fully saturated rings. The maximum absolute atomic E-state index is 13.6. The maximum Gasteiger partial charge on any atom is 0.418 e. The molecule has 0 aliphatic rings. The van der Waals surface area contributed by atoms with Gasteiger partial charge in [0.25, 0.3) is 0 Å². The minimum atomic E-state index is -4.60. The van der Waals surface area contributed by atoms with E-state index in [-0.39, 0.29) is 5.69 Å². The summed E-state index contributed by atoms with van der Waals surface area (Å²) in [6.45, 7) is 0. The molecule has 0 heterocycles. The highest BCUT2D eigenvalue weighted by atomic mass is 79.9. The molecular weight excluding hydrogens is 368 g/mol. The zero-order valence-electron chi connectivity index (χ0n) is 10.8. The first-order valence-corrected chi connectivity index (χ1v) is 6.76. The summed E-state index contributed by atoms with van der Waals surface area (Å²) in [6.07, 6.45) is -4.60. The van der Waals surface area contributed by atoms with Crippen LogP contribution in [0.2, 0.25) is 0 Å². The molecule has 3 nitrogen and oxygen atoms in total. The Hall–Kier alpha value is -2.09. The highest BCUT2D eigenvalue weighted by molar-refractivity contribution is 9.10. The van der Waals surface area contributed by atoms with Crippen LogP contribution in [0.4, 0.5) is 33.7 Å². The Morgan fingerprint density at radius 1 is 1.00 bits per heavy atom. The fourth-order valence-corrected chi connectivity index (χ4v) is 2.04. The number of anilines is 2. The molecule has 116 valence electrons. The first-order valence-electron chi connectivity index (χ1n) is 5.96. The van der Waals surface area contributed by atoms with Gasteiger partial charge in [0.05, 0.1) is 16.9 Å². The third-order valence-corrected chi connectivity index (χ3v) is 3.15. The molecule has 2 amide bonds. The quantitative estimate of drug-likeness (QED) is 0.690. The summed E-state index contributed by atoms with van der Waals surface area (Å²) in [5, 5.41) is 4.21. The van der Waals surface area contributed by atoms with Crippen molar-refractivity contribution in [2.45, 2.75) is 6.18 Å². The minimum Gasteiger partial charge on any atom is -0.307 e. The fourth-order valence-electron chi connectivity index (χ4n) is 1.71. The highest BCUT2D eigenvalue weighted by Gasteiger charge is 2.33. The van der Waals surface area contributed by atoms with Crippen LogP contribution in [0.25, 0.3) is 0 Å². The third kappa shape index (κ3) is 3.97. The number of para-hydroxylation sites is 1. The number of carbonyl (C=O) groups excluding carboxylic acids is 1. The predicted octanol–water partition coefficient (Wildman–Crippen LogP) is 5.25. The van der Waals surface area contributed by atoms with E-state index in [2.05, 4.69) is 26.6 Å². The number of rotatable bonds is 2. The standard InChI is InChI=1S/C14H9BrF4N2O/c15-8-5-6-12(10(16)7-8)21-13(22)20-11-4-2-1-3-9(11)14(17,18)19/h1-7H,(H2,20,21,22). The van der Waals surface area contributed by atoms with E-state index in [4.69, 9.17) is 0 Å². The molecule has 2 aromatic rings. The number of amides is 2. The van der Waals surface area contributed by atoms with Crippen molar-refractivity contribution >= 4 is 33.3 Å². The predicted molar refractivity (Wildman–Crippen MR) is 78.2 cm³/mol. The molecule has 0 aliphatic carbocycles. The molecule has 0 spiro atoms.